The van der Waals surface area contributed by atoms with Gasteiger partial charge in [0.15, 0.2) is 0 Å². The van der Waals surface area contributed by atoms with Crippen molar-refractivity contribution in [3.8, 4) is 0 Å². The van der Waals surface area contributed by atoms with E-state index >= 15 is 0 Å². The molecule has 2 N–H and O–H groups in total. The van der Waals surface area contributed by atoms with E-state index in [0.717, 1.165) is 6.42 Å². The van der Waals surface area contributed by atoms with Crippen LogP contribution in [0.3, 0.4) is 0 Å². The molecule has 0 bridgehead atoms. The third kappa shape index (κ3) is 5.07. The second kappa shape index (κ2) is 9.86. The molecule has 1 aromatic heterocycles. The van der Waals surface area contributed by atoms with Crippen LogP contribution in [0.5, 0.6) is 0 Å². The number of rotatable bonds is 8. The molecule has 3 amide bonds. The number of carbonyl (C=O) groups is 3. The Balaban J connectivity index is 1.80. The molecule has 0 saturated carbocycles. The maximum atomic E-state index is 13.1. The lowest BCUT2D eigenvalue weighted by Crippen LogP contribution is -2.45. The largest absolute Gasteiger partial charge is 0.324 e. The standard InChI is InChI=1S/C20H23N7O4/c1-12-23-18-13(20(31)27(12)15-9-10-17(29)25-19(15)30)6-5-7-14(18)24-16(28)8-3-2-4-11-22-26-21/h5-7,15H,2-4,8-11H2,1H3,(H,24,28)(H,25,29,30). The Morgan fingerprint density at radius 3 is 2.87 bits per heavy atom. The van der Waals surface area contributed by atoms with E-state index in [9.17, 15) is 19.2 Å². The molecule has 1 aromatic carbocycles. The predicted molar refractivity (Wildman–Crippen MR) is 113 cm³/mol. The van der Waals surface area contributed by atoms with Crippen LogP contribution in [0.4, 0.5) is 5.69 Å². The molecule has 0 spiro atoms. The molecule has 11 heteroatoms. The summed E-state index contributed by atoms with van der Waals surface area (Å²) in [5, 5.41) is 8.79. The summed E-state index contributed by atoms with van der Waals surface area (Å²) >= 11 is 0. The van der Waals surface area contributed by atoms with E-state index in [4.69, 9.17) is 5.53 Å². The van der Waals surface area contributed by atoms with Gasteiger partial charge in [-0.3, -0.25) is 29.1 Å². The predicted octanol–water partition coefficient (Wildman–Crippen LogP) is 2.49. The zero-order chi connectivity index (χ0) is 22.4. The van der Waals surface area contributed by atoms with Gasteiger partial charge in [0.1, 0.15) is 17.4 Å². The lowest BCUT2D eigenvalue weighted by atomic mass is 10.1. The van der Waals surface area contributed by atoms with Crippen LogP contribution < -0.4 is 16.2 Å². The molecular formula is C20H23N7O4. The first kappa shape index (κ1) is 22.0. The van der Waals surface area contributed by atoms with Gasteiger partial charge < -0.3 is 5.32 Å². The monoisotopic (exact) mass is 425 g/mol. The van der Waals surface area contributed by atoms with Crippen molar-refractivity contribution in [3.05, 3.63) is 44.8 Å². The van der Waals surface area contributed by atoms with Crippen molar-refractivity contribution in [1.82, 2.24) is 14.9 Å². The molecule has 1 aliphatic rings. The SMILES string of the molecule is Cc1nc2c(NC(=O)CCCCCN=[N+]=[N-])cccc2c(=O)n1C1CCC(=O)NC1=O. The number of aryl methyl sites for hydroxylation is 1. The van der Waals surface area contributed by atoms with E-state index in [-0.39, 0.29) is 30.0 Å². The van der Waals surface area contributed by atoms with Gasteiger partial charge in [-0.1, -0.05) is 17.6 Å². The summed E-state index contributed by atoms with van der Waals surface area (Å²) in [6, 6.07) is 4.11. The molecular weight excluding hydrogens is 402 g/mol. The van der Waals surface area contributed by atoms with Gasteiger partial charge in [-0.2, -0.15) is 0 Å². The summed E-state index contributed by atoms with van der Waals surface area (Å²) in [5.74, 6) is -0.757. The number of fused-ring (bicyclic) bond motifs is 1. The molecule has 2 aromatic rings. The van der Waals surface area contributed by atoms with E-state index in [1.807, 2.05) is 0 Å². The van der Waals surface area contributed by atoms with Crippen molar-refractivity contribution in [3.63, 3.8) is 0 Å². The van der Waals surface area contributed by atoms with Crippen LogP contribution in [0.15, 0.2) is 28.1 Å². The number of piperidine rings is 1. The van der Waals surface area contributed by atoms with Crippen molar-refractivity contribution in [2.24, 2.45) is 5.11 Å². The number of unbranched alkanes of at least 4 members (excludes halogenated alkanes) is 2. The number of hydrogen-bond acceptors (Lipinski definition) is 6. The van der Waals surface area contributed by atoms with Gasteiger partial charge in [0.05, 0.1) is 11.1 Å². The molecule has 31 heavy (non-hydrogen) atoms. The van der Waals surface area contributed by atoms with Crippen LogP contribution in [-0.2, 0) is 14.4 Å². The molecule has 1 fully saturated rings. The van der Waals surface area contributed by atoms with E-state index < -0.39 is 17.5 Å². The van der Waals surface area contributed by atoms with Gasteiger partial charge in [0.2, 0.25) is 17.7 Å². The number of carbonyl (C=O) groups excluding carboxylic acids is 3. The van der Waals surface area contributed by atoms with Crippen molar-refractivity contribution >= 4 is 34.3 Å². The number of hydrogen-bond donors (Lipinski definition) is 2. The fourth-order valence-electron chi connectivity index (χ4n) is 3.63. The summed E-state index contributed by atoms with van der Waals surface area (Å²) in [5.41, 5.74) is 8.62. The third-order valence-electron chi connectivity index (χ3n) is 5.13. The Hall–Kier alpha value is -3.72. The minimum atomic E-state index is -0.800. The first-order chi connectivity index (χ1) is 14.9. The highest BCUT2D eigenvalue weighted by molar-refractivity contribution is 6.01. The molecule has 162 valence electrons. The Kier molecular flexibility index (Phi) is 6.99. The highest BCUT2D eigenvalue weighted by Crippen LogP contribution is 2.23. The normalized spacial score (nSPS) is 16.0. The van der Waals surface area contributed by atoms with Crippen molar-refractivity contribution in [1.29, 1.82) is 0 Å². The summed E-state index contributed by atoms with van der Waals surface area (Å²) in [4.78, 5) is 56.3. The van der Waals surface area contributed by atoms with Gasteiger partial charge in [-0.15, -0.1) is 0 Å². The van der Waals surface area contributed by atoms with E-state index in [1.54, 1.807) is 25.1 Å². The number of aromatic nitrogens is 2. The van der Waals surface area contributed by atoms with E-state index in [0.29, 0.717) is 42.8 Å². The fraction of sp³-hybridized carbons (Fsp3) is 0.450. The minimum absolute atomic E-state index is 0.152. The average Bonchev–Trinajstić information content (AvgIpc) is 2.73. The highest BCUT2D eigenvalue weighted by Gasteiger charge is 2.30. The van der Waals surface area contributed by atoms with E-state index in [1.165, 1.54) is 4.57 Å². The van der Waals surface area contributed by atoms with Crippen LogP contribution >= 0.6 is 0 Å². The lowest BCUT2D eigenvalue weighted by Gasteiger charge is -2.24. The average molecular weight is 425 g/mol. The summed E-state index contributed by atoms with van der Waals surface area (Å²) in [6.07, 6.45) is 2.79. The number of nitrogens with zero attached hydrogens (tertiary/aromatic N) is 5. The highest BCUT2D eigenvalue weighted by atomic mass is 16.2. The summed E-state index contributed by atoms with van der Waals surface area (Å²) < 4.78 is 1.30. The molecule has 1 aliphatic heterocycles. The number of imide groups is 1. The number of para-hydroxylation sites is 1. The first-order valence-electron chi connectivity index (χ1n) is 10.1. The second-order valence-corrected chi connectivity index (χ2v) is 7.32. The Bertz CT molecular complexity index is 1130. The minimum Gasteiger partial charge on any atom is -0.324 e. The van der Waals surface area contributed by atoms with Gasteiger partial charge >= 0.3 is 0 Å². The van der Waals surface area contributed by atoms with Crippen molar-refractivity contribution in [2.45, 2.75) is 51.5 Å². The molecule has 1 atom stereocenters. The Labute approximate surface area is 177 Å². The topological polar surface area (TPSA) is 159 Å². The van der Waals surface area contributed by atoms with Crippen molar-refractivity contribution in [2.75, 3.05) is 11.9 Å². The molecule has 0 aliphatic carbocycles. The lowest BCUT2D eigenvalue weighted by molar-refractivity contribution is -0.135. The number of azide groups is 1. The van der Waals surface area contributed by atoms with Gasteiger partial charge in [-0.05, 0) is 43.9 Å². The maximum Gasteiger partial charge on any atom is 0.262 e. The van der Waals surface area contributed by atoms with Crippen LogP contribution in [0, 0.1) is 6.92 Å². The first-order valence-corrected chi connectivity index (χ1v) is 10.1. The zero-order valence-electron chi connectivity index (χ0n) is 17.1. The van der Waals surface area contributed by atoms with Gasteiger partial charge in [0, 0.05) is 24.3 Å². The summed E-state index contributed by atoms with van der Waals surface area (Å²) in [7, 11) is 0. The third-order valence-corrected chi connectivity index (χ3v) is 5.13. The Morgan fingerprint density at radius 2 is 2.13 bits per heavy atom. The van der Waals surface area contributed by atoms with Crippen LogP contribution in [-0.4, -0.2) is 33.8 Å². The van der Waals surface area contributed by atoms with E-state index in [2.05, 4.69) is 25.6 Å². The fourth-order valence-corrected chi connectivity index (χ4v) is 3.63. The zero-order valence-corrected chi connectivity index (χ0v) is 17.1. The number of anilines is 1. The van der Waals surface area contributed by atoms with Gasteiger partial charge in [0.25, 0.3) is 5.56 Å². The second-order valence-electron chi connectivity index (χ2n) is 7.32. The quantitative estimate of drug-likeness (QED) is 0.218. The molecule has 3 rings (SSSR count). The molecule has 1 saturated heterocycles. The van der Waals surface area contributed by atoms with Crippen molar-refractivity contribution < 1.29 is 14.4 Å². The number of benzene rings is 1. The summed E-state index contributed by atoms with van der Waals surface area (Å²) in [6.45, 7) is 2.02. The van der Waals surface area contributed by atoms with Crippen LogP contribution in [0.25, 0.3) is 21.3 Å². The van der Waals surface area contributed by atoms with Crippen LogP contribution in [0.2, 0.25) is 0 Å². The molecule has 11 nitrogen and oxygen atoms in total. The smallest absolute Gasteiger partial charge is 0.262 e. The maximum absolute atomic E-state index is 13.1. The molecule has 2 heterocycles. The van der Waals surface area contributed by atoms with Gasteiger partial charge in [-0.25, -0.2) is 4.98 Å². The molecule has 1 unspecified atom stereocenters. The van der Waals surface area contributed by atoms with Crippen LogP contribution in [0.1, 0.15) is 50.4 Å². The Morgan fingerprint density at radius 1 is 1.32 bits per heavy atom. The number of amides is 3. The number of nitrogens with one attached hydrogen (secondary N) is 2. The molecule has 0 radical (unpaired) electrons.